The topological polar surface area (TPSA) is 21.3 Å². The third-order valence-corrected chi connectivity index (χ3v) is 2.72. The SMILES string of the molecule is CNCCCCCOc1ccc(Br)cc1F. The summed E-state index contributed by atoms with van der Waals surface area (Å²) in [7, 11) is 1.94. The van der Waals surface area contributed by atoms with Crippen LogP contribution in [0.2, 0.25) is 0 Å². The van der Waals surface area contributed by atoms with Crippen LogP contribution in [-0.4, -0.2) is 20.2 Å². The Labute approximate surface area is 104 Å². The summed E-state index contributed by atoms with van der Waals surface area (Å²) >= 11 is 3.20. The van der Waals surface area contributed by atoms with Crippen LogP contribution in [0.5, 0.6) is 5.75 Å². The van der Waals surface area contributed by atoms with E-state index in [-0.39, 0.29) is 5.82 Å². The molecule has 0 aromatic heterocycles. The fourth-order valence-electron chi connectivity index (χ4n) is 1.36. The second-order valence-electron chi connectivity index (χ2n) is 3.59. The van der Waals surface area contributed by atoms with Crippen molar-refractivity contribution in [2.45, 2.75) is 19.3 Å². The van der Waals surface area contributed by atoms with E-state index in [0.717, 1.165) is 30.3 Å². The van der Waals surface area contributed by atoms with Gasteiger partial charge in [0.1, 0.15) is 0 Å². The first-order valence-corrected chi connectivity index (χ1v) is 6.26. The van der Waals surface area contributed by atoms with E-state index in [0.29, 0.717) is 12.4 Å². The van der Waals surface area contributed by atoms with Gasteiger partial charge >= 0.3 is 0 Å². The van der Waals surface area contributed by atoms with Crippen LogP contribution in [-0.2, 0) is 0 Å². The first-order valence-electron chi connectivity index (χ1n) is 5.46. The Morgan fingerprint density at radius 2 is 2.12 bits per heavy atom. The van der Waals surface area contributed by atoms with Gasteiger partial charge < -0.3 is 10.1 Å². The lowest BCUT2D eigenvalue weighted by molar-refractivity contribution is 0.290. The number of hydrogen-bond donors (Lipinski definition) is 1. The number of hydrogen-bond acceptors (Lipinski definition) is 2. The lowest BCUT2D eigenvalue weighted by atomic mass is 10.2. The van der Waals surface area contributed by atoms with Gasteiger partial charge in [-0.15, -0.1) is 0 Å². The highest BCUT2D eigenvalue weighted by Gasteiger charge is 2.02. The van der Waals surface area contributed by atoms with Crippen molar-refractivity contribution in [3.63, 3.8) is 0 Å². The van der Waals surface area contributed by atoms with Gasteiger partial charge in [0.25, 0.3) is 0 Å². The molecule has 0 spiro atoms. The van der Waals surface area contributed by atoms with E-state index in [1.54, 1.807) is 12.1 Å². The van der Waals surface area contributed by atoms with Crippen LogP contribution in [0.25, 0.3) is 0 Å². The molecule has 0 bridgehead atoms. The molecule has 4 heteroatoms. The molecule has 0 radical (unpaired) electrons. The summed E-state index contributed by atoms with van der Waals surface area (Å²) in [5.41, 5.74) is 0. The molecule has 0 amide bonds. The van der Waals surface area contributed by atoms with Crippen molar-refractivity contribution >= 4 is 15.9 Å². The summed E-state index contributed by atoms with van der Waals surface area (Å²) < 4.78 is 19.4. The maximum atomic E-state index is 13.3. The molecule has 0 fully saturated rings. The van der Waals surface area contributed by atoms with Crippen molar-refractivity contribution < 1.29 is 9.13 Å². The number of halogens is 2. The van der Waals surface area contributed by atoms with Crippen LogP contribution >= 0.6 is 15.9 Å². The second-order valence-corrected chi connectivity index (χ2v) is 4.50. The first-order chi connectivity index (χ1) is 7.74. The van der Waals surface area contributed by atoms with Crippen LogP contribution in [0.15, 0.2) is 22.7 Å². The van der Waals surface area contributed by atoms with Crippen LogP contribution in [0.3, 0.4) is 0 Å². The Balaban J connectivity index is 2.21. The fourth-order valence-corrected chi connectivity index (χ4v) is 1.69. The highest BCUT2D eigenvalue weighted by molar-refractivity contribution is 9.10. The van der Waals surface area contributed by atoms with Crippen molar-refractivity contribution in [1.29, 1.82) is 0 Å². The summed E-state index contributed by atoms with van der Waals surface area (Å²) in [6.45, 7) is 1.59. The number of unbranched alkanes of at least 4 members (excludes halogenated alkanes) is 2. The van der Waals surface area contributed by atoms with Crippen molar-refractivity contribution in [1.82, 2.24) is 5.32 Å². The van der Waals surface area contributed by atoms with Gasteiger partial charge in [0.15, 0.2) is 11.6 Å². The lowest BCUT2D eigenvalue weighted by Crippen LogP contribution is -2.08. The zero-order valence-electron chi connectivity index (χ0n) is 9.43. The first kappa shape index (κ1) is 13.5. The van der Waals surface area contributed by atoms with Gasteiger partial charge in [0.05, 0.1) is 6.61 Å². The molecule has 90 valence electrons. The zero-order valence-corrected chi connectivity index (χ0v) is 11.0. The maximum absolute atomic E-state index is 13.3. The Morgan fingerprint density at radius 1 is 1.31 bits per heavy atom. The van der Waals surface area contributed by atoms with E-state index in [1.807, 2.05) is 7.05 Å². The molecule has 1 aromatic carbocycles. The molecule has 0 saturated heterocycles. The molecule has 2 nitrogen and oxygen atoms in total. The number of ether oxygens (including phenoxy) is 1. The summed E-state index contributed by atoms with van der Waals surface area (Å²) in [5, 5.41) is 3.09. The monoisotopic (exact) mass is 289 g/mol. The Bertz CT molecular complexity index is 320. The van der Waals surface area contributed by atoms with Gasteiger partial charge in [-0.25, -0.2) is 4.39 Å². The predicted octanol–water partition coefficient (Wildman–Crippen LogP) is 3.36. The van der Waals surface area contributed by atoms with Gasteiger partial charge in [-0.05, 0) is 51.1 Å². The van der Waals surface area contributed by atoms with Crippen LogP contribution in [0.1, 0.15) is 19.3 Å². The van der Waals surface area contributed by atoms with E-state index < -0.39 is 0 Å². The molecule has 1 rings (SSSR count). The molecule has 1 N–H and O–H groups in total. The number of nitrogens with one attached hydrogen (secondary N) is 1. The van der Waals surface area contributed by atoms with E-state index >= 15 is 0 Å². The third-order valence-electron chi connectivity index (χ3n) is 2.22. The summed E-state index contributed by atoms with van der Waals surface area (Å²) in [6, 6.07) is 4.84. The van der Waals surface area contributed by atoms with Gasteiger partial charge in [0, 0.05) is 4.47 Å². The van der Waals surface area contributed by atoms with Crippen molar-refractivity contribution in [3.8, 4) is 5.75 Å². The molecule has 0 unspecified atom stereocenters. The number of benzene rings is 1. The molecule has 0 atom stereocenters. The molecule has 0 aliphatic heterocycles. The summed E-state index contributed by atoms with van der Waals surface area (Å²) in [5.74, 6) is 0.0152. The van der Waals surface area contributed by atoms with Gasteiger partial charge in [-0.3, -0.25) is 0 Å². The minimum absolute atomic E-state index is 0.315. The molecule has 0 aliphatic carbocycles. The third kappa shape index (κ3) is 4.94. The molecular formula is C12H17BrFNO. The Hall–Kier alpha value is -0.610. The molecule has 1 aromatic rings. The minimum Gasteiger partial charge on any atom is -0.491 e. The van der Waals surface area contributed by atoms with Crippen molar-refractivity contribution in [2.75, 3.05) is 20.2 Å². The standard InChI is InChI=1S/C12H17BrFNO/c1-15-7-3-2-4-8-16-12-6-5-10(13)9-11(12)14/h5-6,9,15H,2-4,7-8H2,1H3. The van der Waals surface area contributed by atoms with E-state index in [2.05, 4.69) is 21.2 Å². The largest absolute Gasteiger partial charge is 0.491 e. The van der Waals surface area contributed by atoms with Gasteiger partial charge in [-0.2, -0.15) is 0 Å². The smallest absolute Gasteiger partial charge is 0.166 e. The van der Waals surface area contributed by atoms with Crippen molar-refractivity contribution in [3.05, 3.63) is 28.5 Å². The van der Waals surface area contributed by atoms with Crippen molar-refractivity contribution in [2.24, 2.45) is 0 Å². The average molecular weight is 290 g/mol. The average Bonchev–Trinajstić information content (AvgIpc) is 2.26. The van der Waals surface area contributed by atoms with E-state index in [4.69, 9.17) is 4.74 Å². The number of rotatable bonds is 7. The molecule has 0 aliphatic rings. The summed E-state index contributed by atoms with van der Waals surface area (Å²) in [4.78, 5) is 0. The fraction of sp³-hybridized carbons (Fsp3) is 0.500. The van der Waals surface area contributed by atoms with Crippen LogP contribution in [0.4, 0.5) is 4.39 Å². The van der Waals surface area contributed by atoms with Crippen LogP contribution in [0, 0.1) is 5.82 Å². The van der Waals surface area contributed by atoms with E-state index in [1.165, 1.54) is 6.07 Å². The van der Waals surface area contributed by atoms with Crippen LogP contribution < -0.4 is 10.1 Å². The highest BCUT2D eigenvalue weighted by atomic mass is 79.9. The highest BCUT2D eigenvalue weighted by Crippen LogP contribution is 2.21. The Morgan fingerprint density at radius 3 is 2.81 bits per heavy atom. The maximum Gasteiger partial charge on any atom is 0.166 e. The quantitative estimate of drug-likeness (QED) is 0.777. The minimum atomic E-state index is -0.315. The van der Waals surface area contributed by atoms with E-state index in [9.17, 15) is 4.39 Å². The predicted molar refractivity (Wildman–Crippen MR) is 67.4 cm³/mol. The molecule has 0 saturated carbocycles. The van der Waals surface area contributed by atoms with Gasteiger partial charge in [0.2, 0.25) is 0 Å². The summed E-state index contributed by atoms with van der Waals surface area (Å²) in [6.07, 6.45) is 3.18. The lowest BCUT2D eigenvalue weighted by Gasteiger charge is -2.07. The van der Waals surface area contributed by atoms with Gasteiger partial charge in [-0.1, -0.05) is 15.9 Å². The molecule has 16 heavy (non-hydrogen) atoms. The second kappa shape index (κ2) is 7.63. The Kier molecular flexibility index (Phi) is 6.42. The molecular weight excluding hydrogens is 273 g/mol. The normalized spacial score (nSPS) is 10.4. The zero-order chi connectivity index (χ0) is 11.8. The molecule has 0 heterocycles.